The quantitative estimate of drug-likeness (QED) is 0.516. The summed E-state index contributed by atoms with van der Waals surface area (Å²) in [6.07, 6.45) is 17.0. The minimum atomic E-state index is -0.0588. The average Bonchev–Trinajstić information content (AvgIpc) is 2.93. The van der Waals surface area contributed by atoms with Crippen LogP contribution in [0.15, 0.2) is 47.5 Å². The maximum atomic E-state index is 13.5. The molecule has 1 unspecified atom stereocenters. The van der Waals surface area contributed by atoms with Gasteiger partial charge in [0, 0.05) is 30.4 Å². The van der Waals surface area contributed by atoms with Crippen LogP contribution in [0.4, 0.5) is 0 Å². The molecule has 6 nitrogen and oxygen atoms in total. The molecule has 0 amide bonds. The Morgan fingerprint density at radius 3 is 2.62 bits per heavy atom. The molecule has 0 radical (unpaired) electrons. The van der Waals surface area contributed by atoms with Gasteiger partial charge in [0.15, 0.2) is 0 Å². The fourth-order valence-electron chi connectivity index (χ4n) is 6.02. The van der Waals surface area contributed by atoms with E-state index in [1.165, 1.54) is 57.9 Å². The molecule has 37 heavy (non-hydrogen) atoms. The van der Waals surface area contributed by atoms with Crippen molar-refractivity contribution in [3.63, 3.8) is 0 Å². The van der Waals surface area contributed by atoms with Gasteiger partial charge in [-0.3, -0.25) is 9.78 Å². The summed E-state index contributed by atoms with van der Waals surface area (Å²) in [6, 6.07) is 10.3. The number of pyridine rings is 1. The van der Waals surface area contributed by atoms with E-state index in [1.54, 1.807) is 12.4 Å². The van der Waals surface area contributed by atoms with Crippen LogP contribution in [0.1, 0.15) is 76.8 Å². The van der Waals surface area contributed by atoms with E-state index in [1.807, 2.05) is 41.0 Å². The van der Waals surface area contributed by atoms with E-state index in [0.717, 1.165) is 41.0 Å². The first-order chi connectivity index (χ1) is 18.1. The molecule has 1 saturated heterocycles. The third kappa shape index (κ3) is 6.30. The Hall–Kier alpha value is -2.99. The first kappa shape index (κ1) is 25.7. The number of rotatable bonds is 7. The standard InChI is InChI=1S/C31H40N4O2/c1-23-8-5-6-18-34(23)19-7-11-30(36)26-14-12-24(13-15-26)20-28-31(37)35(22-25-9-3-2-4-10-25)29-21-32-17-16-27(29)33-28/h12-17,20-21,23,25,36H,2-11,18-19,22H2,1H3. The molecule has 196 valence electrons. The molecular formula is C31H40N4O2. The van der Waals surface area contributed by atoms with Crippen molar-refractivity contribution in [3.05, 3.63) is 69.2 Å². The number of fused-ring (bicyclic) bond motifs is 1. The second kappa shape index (κ2) is 12.0. The van der Waals surface area contributed by atoms with Gasteiger partial charge in [-0.1, -0.05) is 49.9 Å². The van der Waals surface area contributed by atoms with Gasteiger partial charge in [0.05, 0.1) is 23.0 Å². The van der Waals surface area contributed by atoms with E-state index >= 15 is 0 Å². The highest BCUT2D eigenvalue weighted by Gasteiger charge is 2.18. The van der Waals surface area contributed by atoms with Gasteiger partial charge in [0.2, 0.25) is 0 Å². The van der Waals surface area contributed by atoms with Crippen molar-refractivity contribution < 1.29 is 5.11 Å². The summed E-state index contributed by atoms with van der Waals surface area (Å²) < 4.78 is 1.88. The Morgan fingerprint density at radius 1 is 1.05 bits per heavy atom. The number of hydrogen-bond donors (Lipinski definition) is 1. The molecule has 2 aromatic heterocycles. The molecule has 2 aliphatic rings. The van der Waals surface area contributed by atoms with Crippen molar-refractivity contribution in [1.82, 2.24) is 19.4 Å². The lowest BCUT2D eigenvalue weighted by atomic mass is 9.89. The fourth-order valence-corrected chi connectivity index (χ4v) is 6.02. The largest absolute Gasteiger partial charge is 0.512 e. The van der Waals surface area contributed by atoms with Crippen molar-refractivity contribution in [2.75, 3.05) is 13.1 Å². The monoisotopic (exact) mass is 500 g/mol. The number of aliphatic hydroxyl groups is 1. The lowest BCUT2D eigenvalue weighted by Gasteiger charge is -2.33. The average molecular weight is 501 g/mol. The number of nitrogens with zero attached hydrogens (tertiary/aromatic N) is 4. The van der Waals surface area contributed by atoms with Crippen molar-refractivity contribution in [2.45, 2.75) is 83.7 Å². The predicted octanol–water partition coefficient (Wildman–Crippen LogP) is 4.52. The number of aromatic nitrogens is 3. The van der Waals surface area contributed by atoms with Crippen molar-refractivity contribution in [3.8, 4) is 0 Å². The first-order valence-corrected chi connectivity index (χ1v) is 14.2. The number of piperidine rings is 1. The van der Waals surface area contributed by atoms with Crippen molar-refractivity contribution >= 4 is 22.9 Å². The summed E-state index contributed by atoms with van der Waals surface area (Å²) >= 11 is 0. The highest BCUT2D eigenvalue weighted by Crippen LogP contribution is 2.25. The summed E-state index contributed by atoms with van der Waals surface area (Å²) in [5.41, 5.74) is 1.99. The Balaban J connectivity index is 1.36. The molecule has 0 bridgehead atoms. The van der Waals surface area contributed by atoms with E-state index in [4.69, 9.17) is 0 Å². The van der Waals surface area contributed by atoms with Crippen LogP contribution in [0.25, 0.3) is 22.9 Å². The molecule has 6 heteroatoms. The molecule has 5 rings (SSSR count). The van der Waals surface area contributed by atoms with E-state index < -0.39 is 0 Å². The Labute approximate surface area is 219 Å². The molecule has 1 aliphatic carbocycles. The van der Waals surface area contributed by atoms with Crippen LogP contribution in [0.2, 0.25) is 0 Å². The van der Waals surface area contributed by atoms with Gasteiger partial charge in [-0.05, 0) is 75.4 Å². The van der Waals surface area contributed by atoms with Crippen LogP contribution in [0.3, 0.4) is 0 Å². The second-order valence-electron chi connectivity index (χ2n) is 11.0. The number of benzene rings is 1. The summed E-state index contributed by atoms with van der Waals surface area (Å²) in [5, 5.41) is 12.4. The molecule has 0 spiro atoms. The van der Waals surface area contributed by atoms with Crippen molar-refractivity contribution in [1.29, 1.82) is 0 Å². The molecule has 1 aromatic carbocycles. The lowest BCUT2D eigenvalue weighted by molar-refractivity contribution is 0.159. The minimum Gasteiger partial charge on any atom is -0.512 e. The highest BCUT2D eigenvalue weighted by atomic mass is 16.3. The second-order valence-corrected chi connectivity index (χ2v) is 11.0. The Bertz CT molecular complexity index is 1370. The molecule has 3 aromatic rings. The summed E-state index contributed by atoms with van der Waals surface area (Å²) in [7, 11) is 0. The van der Waals surface area contributed by atoms with Gasteiger partial charge in [0.1, 0.15) is 5.69 Å². The topological polar surface area (TPSA) is 71.2 Å². The smallest absolute Gasteiger partial charge is 0.277 e. The van der Waals surface area contributed by atoms with E-state index in [0.29, 0.717) is 29.8 Å². The molecule has 1 N–H and O–H groups in total. The Morgan fingerprint density at radius 2 is 1.84 bits per heavy atom. The highest BCUT2D eigenvalue weighted by molar-refractivity contribution is 5.74. The predicted molar refractivity (Wildman–Crippen MR) is 150 cm³/mol. The molecule has 2 fully saturated rings. The molecule has 1 aliphatic heterocycles. The van der Waals surface area contributed by atoms with Gasteiger partial charge >= 0.3 is 0 Å². The summed E-state index contributed by atoms with van der Waals surface area (Å²) in [6.45, 7) is 5.24. The van der Waals surface area contributed by atoms with Gasteiger partial charge in [0.25, 0.3) is 5.56 Å². The van der Waals surface area contributed by atoms with Crippen LogP contribution in [0, 0.1) is 5.92 Å². The van der Waals surface area contributed by atoms with Crippen LogP contribution < -0.4 is 16.0 Å². The van der Waals surface area contributed by atoms with E-state index in [2.05, 4.69) is 21.8 Å². The van der Waals surface area contributed by atoms with Gasteiger partial charge in [-0.2, -0.15) is 0 Å². The Kier molecular flexibility index (Phi) is 8.34. The zero-order chi connectivity index (χ0) is 25.6. The third-order valence-corrected chi connectivity index (χ3v) is 8.29. The number of hydrogen-bond acceptors (Lipinski definition) is 5. The van der Waals surface area contributed by atoms with Crippen LogP contribution >= 0.6 is 0 Å². The van der Waals surface area contributed by atoms with Crippen LogP contribution in [0.5, 0.6) is 0 Å². The maximum Gasteiger partial charge on any atom is 0.277 e. The summed E-state index contributed by atoms with van der Waals surface area (Å²) in [5.74, 6) is 0.961. The normalized spacial score (nSPS) is 19.2. The van der Waals surface area contributed by atoms with E-state index in [-0.39, 0.29) is 5.56 Å². The van der Waals surface area contributed by atoms with Gasteiger partial charge in [-0.15, -0.1) is 0 Å². The van der Waals surface area contributed by atoms with Crippen LogP contribution in [-0.2, 0) is 6.54 Å². The summed E-state index contributed by atoms with van der Waals surface area (Å²) in [4.78, 5) is 25.0. The van der Waals surface area contributed by atoms with E-state index in [9.17, 15) is 9.90 Å². The van der Waals surface area contributed by atoms with Gasteiger partial charge < -0.3 is 14.6 Å². The maximum absolute atomic E-state index is 13.5. The minimum absolute atomic E-state index is 0.0588. The zero-order valence-corrected chi connectivity index (χ0v) is 22.1. The molecule has 1 saturated carbocycles. The first-order valence-electron chi connectivity index (χ1n) is 14.2. The van der Waals surface area contributed by atoms with Gasteiger partial charge in [-0.25, -0.2) is 4.98 Å². The van der Waals surface area contributed by atoms with Crippen LogP contribution in [-0.4, -0.2) is 43.7 Å². The number of likely N-dealkylation sites (tertiary alicyclic amines) is 1. The lowest BCUT2D eigenvalue weighted by Crippen LogP contribution is -2.38. The molecular weight excluding hydrogens is 460 g/mol. The zero-order valence-electron chi connectivity index (χ0n) is 22.1. The SMILES string of the molecule is CC1CCCCN1CCCC(O)=c1ccc(=Cc2nc3ccncc3n(CC3CCCCC3)c2=O)cc1. The number of aliphatic hydroxyl groups excluding tert-OH is 1. The molecule has 3 heterocycles. The fraction of sp³-hybridized carbons (Fsp3) is 0.516. The third-order valence-electron chi connectivity index (χ3n) is 8.29. The van der Waals surface area contributed by atoms with Crippen molar-refractivity contribution in [2.24, 2.45) is 5.92 Å². The molecule has 1 atom stereocenters.